The summed E-state index contributed by atoms with van der Waals surface area (Å²) >= 11 is 5.39. The van der Waals surface area contributed by atoms with Crippen LogP contribution in [0.5, 0.6) is 0 Å². The van der Waals surface area contributed by atoms with Gasteiger partial charge in [0.1, 0.15) is 5.15 Å². The molecule has 80 valence electrons. The van der Waals surface area contributed by atoms with Gasteiger partial charge in [0, 0.05) is 6.20 Å². The van der Waals surface area contributed by atoms with E-state index in [9.17, 15) is 13.2 Å². The molecule has 0 aliphatic heterocycles. The number of halogens is 4. The highest BCUT2D eigenvalue weighted by molar-refractivity contribution is 6.29. The first-order valence-corrected chi connectivity index (χ1v) is 4.48. The van der Waals surface area contributed by atoms with Crippen LogP contribution in [-0.2, 0) is 6.18 Å². The molecule has 0 amide bonds. The van der Waals surface area contributed by atoms with Gasteiger partial charge in [-0.15, -0.1) is 0 Å². The monoisotopic (exact) mass is 225 g/mol. The summed E-state index contributed by atoms with van der Waals surface area (Å²) in [6.07, 6.45) is -3.61. The fraction of sp³-hybridized carbons (Fsp3) is 0.444. The average Bonchev–Trinajstić information content (AvgIpc) is 2.05. The lowest BCUT2D eigenvalue weighted by molar-refractivity contribution is -0.138. The maximum absolute atomic E-state index is 12.1. The van der Waals surface area contributed by atoms with Crippen LogP contribution < -0.4 is 0 Å². The molecule has 0 fully saturated rings. The van der Waals surface area contributed by atoms with E-state index in [1.807, 2.05) is 13.8 Å². The van der Waals surface area contributed by atoms with Gasteiger partial charge in [-0.05, 0) is 18.6 Å². The summed E-state index contributed by atoms with van der Waals surface area (Å²) < 4.78 is 36.3. The highest BCUT2D eigenvalue weighted by Gasteiger charge is 2.32. The summed E-state index contributed by atoms with van der Waals surface area (Å²) in [5.74, 6) is 0. The standard InChI is InChI=1S/C7H5ClF3N.C2H6/c1-4-2-6(8)12-3-5(4)7(9,10)11;1-2/h2-3H,1H3;1-2H3. The molecule has 1 rings (SSSR count). The van der Waals surface area contributed by atoms with Crippen LogP contribution >= 0.6 is 11.6 Å². The third kappa shape index (κ3) is 3.54. The van der Waals surface area contributed by atoms with Gasteiger partial charge in [0.05, 0.1) is 5.56 Å². The summed E-state index contributed by atoms with van der Waals surface area (Å²) in [6, 6.07) is 1.18. The van der Waals surface area contributed by atoms with Crippen molar-refractivity contribution in [1.82, 2.24) is 4.98 Å². The molecule has 0 radical (unpaired) electrons. The van der Waals surface area contributed by atoms with E-state index in [1.165, 1.54) is 13.0 Å². The summed E-state index contributed by atoms with van der Waals surface area (Å²) in [7, 11) is 0. The van der Waals surface area contributed by atoms with Crippen LogP contribution in [0.1, 0.15) is 25.0 Å². The minimum atomic E-state index is -4.35. The van der Waals surface area contributed by atoms with E-state index in [-0.39, 0.29) is 10.7 Å². The largest absolute Gasteiger partial charge is 0.418 e. The molecule has 1 heterocycles. The third-order valence-electron chi connectivity index (χ3n) is 1.38. The van der Waals surface area contributed by atoms with E-state index in [1.54, 1.807) is 0 Å². The molecule has 0 aliphatic rings. The molecule has 0 N–H and O–H groups in total. The normalized spacial score (nSPS) is 10.5. The van der Waals surface area contributed by atoms with Gasteiger partial charge in [-0.3, -0.25) is 0 Å². The summed E-state index contributed by atoms with van der Waals surface area (Å²) in [5.41, 5.74) is -0.658. The van der Waals surface area contributed by atoms with Crippen molar-refractivity contribution in [2.45, 2.75) is 26.9 Å². The predicted octanol–water partition coefficient (Wildman–Crippen LogP) is 4.09. The number of aryl methyl sites for hydroxylation is 1. The van der Waals surface area contributed by atoms with Crippen molar-refractivity contribution >= 4 is 11.6 Å². The molecule has 0 aliphatic carbocycles. The van der Waals surface area contributed by atoms with Crippen LogP contribution in [0.3, 0.4) is 0 Å². The molecule has 0 bridgehead atoms. The van der Waals surface area contributed by atoms with Crippen LogP contribution in [0.2, 0.25) is 5.15 Å². The number of hydrogen-bond donors (Lipinski definition) is 0. The first-order chi connectivity index (χ1) is 6.41. The fourth-order valence-electron chi connectivity index (χ4n) is 0.818. The van der Waals surface area contributed by atoms with Crippen molar-refractivity contribution in [1.29, 1.82) is 0 Å². The number of aromatic nitrogens is 1. The van der Waals surface area contributed by atoms with Crippen LogP contribution in [0, 0.1) is 6.92 Å². The van der Waals surface area contributed by atoms with Gasteiger partial charge in [0.2, 0.25) is 0 Å². The third-order valence-corrected chi connectivity index (χ3v) is 1.59. The summed E-state index contributed by atoms with van der Waals surface area (Å²) in [5, 5.41) is 0.0699. The minimum absolute atomic E-state index is 0.0699. The molecule has 0 aromatic carbocycles. The lowest BCUT2D eigenvalue weighted by atomic mass is 10.1. The highest BCUT2D eigenvalue weighted by atomic mass is 35.5. The SMILES string of the molecule is CC.Cc1cc(Cl)ncc1C(F)(F)F. The molecule has 5 heteroatoms. The van der Waals surface area contributed by atoms with E-state index in [0.29, 0.717) is 0 Å². The number of nitrogens with zero attached hydrogens (tertiary/aromatic N) is 1. The van der Waals surface area contributed by atoms with E-state index < -0.39 is 11.7 Å². The molecule has 1 aromatic heterocycles. The molecule has 0 atom stereocenters. The minimum Gasteiger partial charge on any atom is -0.244 e. The van der Waals surface area contributed by atoms with Crippen molar-refractivity contribution in [2.24, 2.45) is 0 Å². The highest BCUT2D eigenvalue weighted by Crippen LogP contribution is 2.31. The van der Waals surface area contributed by atoms with Gasteiger partial charge in [-0.1, -0.05) is 25.4 Å². The van der Waals surface area contributed by atoms with Gasteiger partial charge < -0.3 is 0 Å². The Bertz CT molecular complexity index is 297. The van der Waals surface area contributed by atoms with Crippen LogP contribution in [-0.4, -0.2) is 4.98 Å². The Labute approximate surface area is 85.9 Å². The second-order valence-electron chi connectivity index (χ2n) is 2.32. The molecule has 1 aromatic rings. The lowest BCUT2D eigenvalue weighted by Gasteiger charge is -2.08. The van der Waals surface area contributed by atoms with Crippen molar-refractivity contribution in [3.63, 3.8) is 0 Å². The zero-order chi connectivity index (χ0) is 11.4. The molecule has 14 heavy (non-hydrogen) atoms. The van der Waals surface area contributed by atoms with E-state index in [0.717, 1.165) is 6.20 Å². The molecular formula is C9H11ClF3N. The lowest BCUT2D eigenvalue weighted by Crippen LogP contribution is -2.07. The maximum Gasteiger partial charge on any atom is 0.418 e. The Morgan fingerprint density at radius 3 is 2.14 bits per heavy atom. The summed E-state index contributed by atoms with van der Waals surface area (Å²) in [4.78, 5) is 3.35. The molecule has 1 nitrogen and oxygen atoms in total. The molecular weight excluding hydrogens is 215 g/mol. The van der Waals surface area contributed by atoms with Gasteiger partial charge in [-0.25, -0.2) is 4.98 Å². The van der Waals surface area contributed by atoms with Crippen molar-refractivity contribution in [3.8, 4) is 0 Å². The van der Waals surface area contributed by atoms with E-state index >= 15 is 0 Å². The molecule has 0 saturated heterocycles. The number of hydrogen-bond acceptors (Lipinski definition) is 1. The zero-order valence-corrected chi connectivity index (χ0v) is 8.87. The first kappa shape index (κ1) is 13.2. The Morgan fingerprint density at radius 2 is 1.79 bits per heavy atom. The van der Waals surface area contributed by atoms with Crippen molar-refractivity contribution < 1.29 is 13.2 Å². The van der Waals surface area contributed by atoms with Crippen LogP contribution in [0.25, 0.3) is 0 Å². The fourth-order valence-corrected chi connectivity index (χ4v) is 1.03. The summed E-state index contributed by atoms with van der Waals surface area (Å²) in [6.45, 7) is 5.34. The second-order valence-corrected chi connectivity index (χ2v) is 2.71. The van der Waals surface area contributed by atoms with Gasteiger partial charge in [0.25, 0.3) is 0 Å². The first-order valence-electron chi connectivity index (χ1n) is 4.10. The molecule has 0 spiro atoms. The Kier molecular flexibility index (Phi) is 4.91. The Morgan fingerprint density at radius 1 is 1.29 bits per heavy atom. The zero-order valence-electron chi connectivity index (χ0n) is 8.11. The van der Waals surface area contributed by atoms with Crippen molar-refractivity contribution in [2.75, 3.05) is 0 Å². The van der Waals surface area contributed by atoms with Gasteiger partial charge >= 0.3 is 6.18 Å². The van der Waals surface area contributed by atoms with Crippen LogP contribution in [0.15, 0.2) is 12.3 Å². The van der Waals surface area contributed by atoms with Gasteiger partial charge in [-0.2, -0.15) is 13.2 Å². The quantitative estimate of drug-likeness (QED) is 0.606. The molecule has 0 unspecified atom stereocenters. The average molecular weight is 226 g/mol. The predicted molar refractivity (Wildman–Crippen MR) is 50.3 cm³/mol. The van der Waals surface area contributed by atoms with E-state index in [4.69, 9.17) is 11.6 Å². The van der Waals surface area contributed by atoms with Gasteiger partial charge in [0.15, 0.2) is 0 Å². The smallest absolute Gasteiger partial charge is 0.244 e. The topological polar surface area (TPSA) is 12.9 Å². The number of rotatable bonds is 0. The maximum atomic E-state index is 12.1. The Balaban J connectivity index is 0.000000791. The molecule has 0 saturated carbocycles. The van der Waals surface area contributed by atoms with E-state index in [2.05, 4.69) is 4.98 Å². The number of pyridine rings is 1. The second kappa shape index (κ2) is 5.20. The van der Waals surface area contributed by atoms with Crippen LogP contribution in [0.4, 0.5) is 13.2 Å². The number of alkyl halides is 3. The Hall–Kier alpha value is -0.770. The van der Waals surface area contributed by atoms with Crippen molar-refractivity contribution in [3.05, 3.63) is 28.5 Å².